The smallest absolute Gasteiger partial charge is 0.245 e. The van der Waals surface area contributed by atoms with Crippen molar-refractivity contribution in [3.63, 3.8) is 0 Å². The SMILES string of the molecule is C.CC(/C=C/C(=O)N(C)C)CCCOc1ccc(I)cc1.CC(Br)/C=C/C(=O)N(C)C.NCCOc1ccc(I)cc1. The second-order valence-corrected chi connectivity index (χ2v) is 13.3. The fraction of sp³-hybridized carbons (Fsp3) is 0.438. The number of nitrogens with zero attached hydrogens (tertiary/aromatic N) is 2. The topological polar surface area (TPSA) is 85.1 Å². The minimum Gasteiger partial charge on any atom is -0.494 e. The van der Waals surface area contributed by atoms with E-state index < -0.39 is 0 Å². The van der Waals surface area contributed by atoms with E-state index in [1.54, 1.807) is 45.2 Å². The summed E-state index contributed by atoms with van der Waals surface area (Å²) in [6.07, 6.45) is 8.97. The number of halogens is 3. The van der Waals surface area contributed by atoms with Crippen molar-refractivity contribution in [2.75, 3.05) is 47.9 Å². The molecule has 0 fully saturated rings. The van der Waals surface area contributed by atoms with Gasteiger partial charge in [-0.25, -0.2) is 0 Å². The Morgan fingerprint density at radius 3 is 1.60 bits per heavy atom. The summed E-state index contributed by atoms with van der Waals surface area (Å²) in [5, 5.41) is 0. The van der Waals surface area contributed by atoms with Gasteiger partial charge in [-0.3, -0.25) is 9.59 Å². The molecular formula is C32H48BrI2N3O4. The average molecular weight is 872 g/mol. The number of alkyl halides is 1. The van der Waals surface area contributed by atoms with Gasteiger partial charge in [0.25, 0.3) is 0 Å². The van der Waals surface area contributed by atoms with Crippen molar-refractivity contribution in [1.29, 1.82) is 0 Å². The molecule has 0 bridgehead atoms. The lowest BCUT2D eigenvalue weighted by Gasteiger charge is -2.09. The number of nitrogens with two attached hydrogens (primary N) is 1. The molecule has 0 heterocycles. The maximum atomic E-state index is 11.4. The van der Waals surface area contributed by atoms with Crippen LogP contribution in [0.2, 0.25) is 0 Å². The third kappa shape index (κ3) is 23.9. The molecule has 10 heteroatoms. The highest BCUT2D eigenvalue weighted by molar-refractivity contribution is 14.1. The lowest BCUT2D eigenvalue weighted by atomic mass is 10.1. The second-order valence-electron chi connectivity index (χ2n) is 9.37. The summed E-state index contributed by atoms with van der Waals surface area (Å²) in [5.74, 6) is 2.24. The monoisotopic (exact) mass is 871 g/mol. The summed E-state index contributed by atoms with van der Waals surface area (Å²) in [5.41, 5.74) is 5.28. The van der Waals surface area contributed by atoms with E-state index in [4.69, 9.17) is 15.2 Å². The highest BCUT2D eigenvalue weighted by Crippen LogP contribution is 2.15. The van der Waals surface area contributed by atoms with Gasteiger partial charge in [-0.05, 0) is 125 Å². The highest BCUT2D eigenvalue weighted by atomic mass is 127. The molecule has 0 aliphatic rings. The third-order valence-corrected chi connectivity index (χ3v) is 6.78. The molecule has 0 aliphatic carbocycles. The molecular weight excluding hydrogens is 824 g/mol. The van der Waals surface area contributed by atoms with Crippen LogP contribution in [0, 0.1) is 13.1 Å². The van der Waals surface area contributed by atoms with Gasteiger partial charge in [-0.2, -0.15) is 0 Å². The molecule has 0 radical (unpaired) electrons. The Kier molecular flexibility index (Phi) is 26.1. The van der Waals surface area contributed by atoms with Crippen molar-refractivity contribution in [1.82, 2.24) is 9.80 Å². The number of allylic oxidation sites excluding steroid dienone is 2. The van der Waals surface area contributed by atoms with Gasteiger partial charge in [0.2, 0.25) is 11.8 Å². The van der Waals surface area contributed by atoms with Gasteiger partial charge in [0, 0.05) is 52.8 Å². The maximum Gasteiger partial charge on any atom is 0.245 e. The molecule has 0 spiro atoms. The van der Waals surface area contributed by atoms with Gasteiger partial charge in [0.05, 0.1) is 6.61 Å². The van der Waals surface area contributed by atoms with Crippen molar-refractivity contribution in [3.05, 3.63) is 80.0 Å². The molecule has 0 aromatic heterocycles. The Hall–Kier alpha value is -1.64. The predicted molar refractivity (Wildman–Crippen MR) is 198 cm³/mol. The molecule has 0 aliphatic heterocycles. The average Bonchev–Trinajstić information content (AvgIpc) is 2.94. The van der Waals surface area contributed by atoms with Crippen LogP contribution >= 0.6 is 61.1 Å². The fourth-order valence-corrected chi connectivity index (χ4v) is 3.56. The molecule has 2 amide bonds. The van der Waals surface area contributed by atoms with E-state index in [1.165, 1.54) is 12.0 Å². The highest BCUT2D eigenvalue weighted by Gasteiger charge is 2.02. The number of hydrogen-bond acceptors (Lipinski definition) is 5. The van der Waals surface area contributed by atoms with Crippen LogP contribution in [-0.2, 0) is 9.59 Å². The standard InChI is InChI=1S/C16H22INO2.C8H10INO.C7H12BrNO.CH4/c1-13(6-11-16(19)18(2)3)5-4-12-20-15-9-7-14(17)8-10-15;9-7-1-3-8(4-2-7)11-6-5-10;1-6(8)4-5-7(10)9(2)3;/h6-11,13H,4-5,12H2,1-3H3;1-4H,5-6,10H2;4-6H,1-3H3;1H4/b11-6+;;5-4+;. The quantitative estimate of drug-likeness (QED) is 0.104. The van der Waals surface area contributed by atoms with Crippen LogP contribution in [-0.4, -0.2) is 74.4 Å². The lowest BCUT2D eigenvalue weighted by Crippen LogP contribution is -2.19. The van der Waals surface area contributed by atoms with E-state index in [2.05, 4.69) is 68.0 Å². The number of likely N-dealkylation sites (N-methyl/N-ethyl adjacent to an activating group) is 2. The van der Waals surface area contributed by atoms with Crippen molar-refractivity contribution >= 4 is 72.9 Å². The molecule has 2 unspecified atom stereocenters. The number of amides is 2. The number of rotatable bonds is 12. The Balaban J connectivity index is 0. The number of benzene rings is 2. The molecule has 2 atom stereocenters. The van der Waals surface area contributed by atoms with E-state index in [9.17, 15) is 9.59 Å². The van der Waals surface area contributed by atoms with Crippen LogP contribution < -0.4 is 15.2 Å². The molecule has 2 aromatic rings. The zero-order valence-corrected chi connectivity index (χ0v) is 30.8. The molecule has 0 saturated heterocycles. The van der Waals surface area contributed by atoms with Gasteiger partial charge >= 0.3 is 0 Å². The van der Waals surface area contributed by atoms with Crippen LogP contribution in [0.15, 0.2) is 72.8 Å². The van der Waals surface area contributed by atoms with E-state index in [-0.39, 0.29) is 24.1 Å². The van der Waals surface area contributed by atoms with Crippen molar-refractivity contribution in [3.8, 4) is 11.5 Å². The summed E-state index contributed by atoms with van der Waals surface area (Å²) in [4.78, 5) is 25.6. The van der Waals surface area contributed by atoms with E-state index in [0.29, 0.717) is 25.7 Å². The van der Waals surface area contributed by atoms with Crippen molar-refractivity contribution in [2.24, 2.45) is 11.7 Å². The van der Waals surface area contributed by atoms with Gasteiger partial charge in [-0.1, -0.05) is 42.4 Å². The molecule has 2 rings (SSSR count). The van der Waals surface area contributed by atoms with Crippen LogP contribution in [0.1, 0.15) is 34.1 Å². The Bertz CT molecular complexity index is 1040. The first-order valence-corrected chi connectivity index (χ1v) is 16.3. The molecule has 0 saturated carbocycles. The lowest BCUT2D eigenvalue weighted by molar-refractivity contribution is -0.124. The first-order valence-electron chi connectivity index (χ1n) is 13.3. The summed E-state index contributed by atoms with van der Waals surface area (Å²) < 4.78 is 13.4. The molecule has 42 heavy (non-hydrogen) atoms. The first-order chi connectivity index (χ1) is 19.3. The fourth-order valence-electron chi connectivity index (χ4n) is 2.69. The Morgan fingerprint density at radius 2 is 1.21 bits per heavy atom. The van der Waals surface area contributed by atoms with E-state index in [1.807, 2.05) is 67.6 Å². The number of ether oxygens (including phenoxy) is 2. The zero-order chi connectivity index (χ0) is 31.2. The molecule has 7 nitrogen and oxygen atoms in total. The molecule has 236 valence electrons. The zero-order valence-electron chi connectivity index (χ0n) is 24.9. The van der Waals surface area contributed by atoms with Crippen LogP contribution in [0.5, 0.6) is 11.5 Å². The Labute approximate surface area is 289 Å². The molecule has 2 N–H and O–H groups in total. The maximum absolute atomic E-state index is 11.4. The normalized spacial score (nSPS) is 11.7. The number of carbonyl (C=O) groups excluding carboxylic acids is 2. The van der Waals surface area contributed by atoms with Gasteiger partial charge in [-0.15, -0.1) is 0 Å². The molecule has 2 aromatic carbocycles. The summed E-state index contributed by atoms with van der Waals surface area (Å²) in [6, 6.07) is 15.9. The van der Waals surface area contributed by atoms with Crippen LogP contribution in [0.25, 0.3) is 0 Å². The van der Waals surface area contributed by atoms with Gasteiger partial charge in [0.1, 0.15) is 18.1 Å². The van der Waals surface area contributed by atoms with Crippen molar-refractivity contribution < 1.29 is 19.1 Å². The van der Waals surface area contributed by atoms with Crippen LogP contribution in [0.3, 0.4) is 0 Å². The minimum atomic E-state index is 0. The van der Waals surface area contributed by atoms with Gasteiger partial charge in [0.15, 0.2) is 0 Å². The van der Waals surface area contributed by atoms with Gasteiger partial charge < -0.3 is 25.0 Å². The third-order valence-electron chi connectivity index (χ3n) is 5.04. The first kappa shape index (κ1) is 42.5. The van der Waals surface area contributed by atoms with Crippen LogP contribution in [0.4, 0.5) is 0 Å². The minimum absolute atomic E-state index is 0. The summed E-state index contributed by atoms with van der Waals surface area (Å²) in [6.45, 7) is 5.93. The van der Waals surface area contributed by atoms with Crippen molar-refractivity contribution in [2.45, 2.75) is 38.9 Å². The largest absolute Gasteiger partial charge is 0.494 e. The number of carbonyl (C=O) groups is 2. The number of hydrogen-bond donors (Lipinski definition) is 1. The predicted octanol–water partition coefficient (Wildman–Crippen LogP) is 7.41. The van der Waals surface area contributed by atoms with E-state index >= 15 is 0 Å². The second kappa shape index (κ2) is 25.8. The van der Waals surface area contributed by atoms with E-state index in [0.717, 1.165) is 24.3 Å². The summed E-state index contributed by atoms with van der Waals surface area (Å²) >= 11 is 7.82. The summed E-state index contributed by atoms with van der Waals surface area (Å²) in [7, 11) is 6.97. The Morgan fingerprint density at radius 1 is 0.810 bits per heavy atom.